The maximum absolute atomic E-state index is 11.4. The molecule has 1 aliphatic rings. The van der Waals surface area contributed by atoms with Crippen LogP contribution in [-0.2, 0) is 9.63 Å². The van der Waals surface area contributed by atoms with Crippen LogP contribution >= 0.6 is 0 Å². The van der Waals surface area contributed by atoms with Gasteiger partial charge in [0.25, 0.3) is 0 Å². The van der Waals surface area contributed by atoms with Gasteiger partial charge in [-0.2, -0.15) is 0 Å². The molecule has 1 N–H and O–H groups in total. The fourth-order valence-corrected chi connectivity index (χ4v) is 1.83. The van der Waals surface area contributed by atoms with E-state index in [0.29, 0.717) is 13.0 Å². The number of hydroxylamine groups is 1. The highest BCUT2D eigenvalue weighted by Crippen LogP contribution is 2.17. The molecule has 0 aromatic heterocycles. The van der Waals surface area contributed by atoms with Crippen LogP contribution in [0.25, 0.3) is 0 Å². The van der Waals surface area contributed by atoms with Gasteiger partial charge < -0.3 is 4.90 Å². The van der Waals surface area contributed by atoms with E-state index in [9.17, 15) is 4.79 Å². The van der Waals surface area contributed by atoms with Gasteiger partial charge in [0.2, 0.25) is 5.91 Å². The van der Waals surface area contributed by atoms with Crippen molar-refractivity contribution in [2.45, 2.75) is 40.0 Å². The number of nitrogens with zero attached hydrogens (tertiary/aromatic N) is 1. The van der Waals surface area contributed by atoms with Gasteiger partial charge in [-0.15, -0.1) is 0 Å². The lowest BCUT2D eigenvalue weighted by Crippen LogP contribution is -2.31. The molecule has 0 unspecified atom stereocenters. The highest BCUT2D eigenvalue weighted by atomic mass is 16.6. The van der Waals surface area contributed by atoms with E-state index >= 15 is 0 Å². The Labute approximate surface area is 98.3 Å². The standard InChI is InChI=1S/C12H24N2O2/c1-12(2,3)10-11(15)13-16-9-8-14-6-4-5-7-14/h4-10H2,1-3H3,(H,13,15). The topological polar surface area (TPSA) is 41.6 Å². The maximum Gasteiger partial charge on any atom is 0.244 e. The summed E-state index contributed by atoms with van der Waals surface area (Å²) in [7, 11) is 0. The summed E-state index contributed by atoms with van der Waals surface area (Å²) in [6.45, 7) is 9.94. The van der Waals surface area contributed by atoms with Crippen LogP contribution in [0.4, 0.5) is 0 Å². The van der Waals surface area contributed by atoms with Crippen LogP contribution in [0.5, 0.6) is 0 Å². The average Bonchev–Trinajstić information content (AvgIpc) is 2.62. The lowest BCUT2D eigenvalue weighted by Gasteiger charge is -2.18. The molecule has 1 heterocycles. The Kier molecular flexibility index (Phi) is 5.22. The molecule has 16 heavy (non-hydrogen) atoms. The number of hydrogen-bond donors (Lipinski definition) is 1. The first kappa shape index (κ1) is 13.5. The van der Waals surface area contributed by atoms with E-state index in [-0.39, 0.29) is 11.3 Å². The molecule has 94 valence electrons. The Bertz CT molecular complexity index is 218. The number of rotatable bonds is 5. The first-order valence-corrected chi connectivity index (χ1v) is 6.10. The van der Waals surface area contributed by atoms with Gasteiger partial charge in [-0.25, -0.2) is 5.48 Å². The molecule has 4 nitrogen and oxygen atoms in total. The molecule has 0 bridgehead atoms. The van der Waals surface area contributed by atoms with Crippen molar-refractivity contribution in [3.8, 4) is 0 Å². The van der Waals surface area contributed by atoms with Crippen molar-refractivity contribution in [3.05, 3.63) is 0 Å². The monoisotopic (exact) mass is 228 g/mol. The van der Waals surface area contributed by atoms with Crippen LogP contribution in [0.3, 0.4) is 0 Å². The molecular weight excluding hydrogens is 204 g/mol. The molecule has 4 heteroatoms. The smallest absolute Gasteiger partial charge is 0.244 e. The molecule has 1 amide bonds. The Balaban J connectivity index is 2.00. The largest absolute Gasteiger partial charge is 0.301 e. The second-order valence-corrected chi connectivity index (χ2v) is 5.66. The van der Waals surface area contributed by atoms with Gasteiger partial charge in [0.15, 0.2) is 0 Å². The number of amides is 1. The summed E-state index contributed by atoms with van der Waals surface area (Å²) < 4.78 is 0. The minimum atomic E-state index is -0.0334. The van der Waals surface area contributed by atoms with E-state index in [1.807, 2.05) is 20.8 Å². The highest BCUT2D eigenvalue weighted by Gasteiger charge is 2.16. The van der Waals surface area contributed by atoms with Crippen molar-refractivity contribution in [1.82, 2.24) is 10.4 Å². The number of nitrogens with one attached hydrogen (secondary N) is 1. The number of carbonyl (C=O) groups is 1. The van der Waals surface area contributed by atoms with Gasteiger partial charge >= 0.3 is 0 Å². The van der Waals surface area contributed by atoms with Crippen LogP contribution in [0.1, 0.15) is 40.0 Å². The summed E-state index contributed by atoms with van der Waals surface area (Å²) in [5.41, 5.74) is 2.51. The second-order valence-electron chi connectivity index (χ2n) is 5.66. The Morgan fingerprint density at radius 3 is 2.50 bits per heavy atom. The molecule has 1 aliphatic heterocycles. The van der Waals surface area contributed by atoms with E-state index in [2.05, 4.69) is 10.4 Å². The molecular formula is C12H24N2O2. The predicted molar refractivity (Wildman–Crippen MR) is 63.8 cm³/mol. The van der Waals surface area contributed by atoms with E-state index in [4.69, 9.17) is 4.84 Å². The van der Waals surface area contributed by atoms with Gasteiger partial charge in [-0.3, -0.25) is 9.63 Å². The summed E-state index contributed by atoms with van der Waals surface area (Å²) in [5, 5.41) is 0. The van der Waals surface area contributed by atoms with Crippen molar-refractivity contribution in [1.29, 1.82) is 0 Å². The van der Waals surface area contributed by atoms with Gasteiger partial charge in [0.05, 0.1) is 6.61 Å². The molecule has 0 aromatic rings. The summed E-state index contributed by atoms with van der Waals surface area (Å²) in [5.74, 6) is -0.0334. The number of likely N-dealkylation sites (tertiary alicyclic amines) is 1. The zero-order valence-corrected chi connectivity index (χ0v) is 10.7. The third-order valence-electron chi connectivity index (χ3n) is 2.59. The molecule has 0 radical (unpaired) electrons. The maximum atomic E-state index is 11.4. The quantitative estimate of drug-likeness (QED) is 0.573. The summed E-state index contributed by atoms with van der Waals surface area (Å²) in [4.78, 5) is 18.9. The third-order valence-corrected chi connectivity index (χ3v) is 2.59. The molecule has 0 aromatic carbocycles. The average molecular weight is 228 g/mol. The van der Waals surface area contributed by atoms with Crippen molar-refractivity contribution in [2.24, 2.45) is 5.41 Å². The third kappa shape index (κ3) is 6.08. The Hall–Kier alpha value is -0.610. The van der Waals surface area contributed by atoms with Crippen LogP contribution < -0.4 is 5.48 Å². The van der Waals surface area contributed by atoms with E-state index in [0.717, 1.165) is 6.54 Å². The molecule has 1 rings (SSSR count). The molecule has 0 aliphatic carbocycles. The van der Waals surface area contributed by atoms with Crippen LogP contribution in [0.15, 0.2) is 0 Å². The molecule has 1 fully saturated rings. The first-order valence-electron chi connectivity index (χ1n) is 6.10. The number of carbonyl (C=O) groups excluding carboxylic acids is 1. The second kappa shape index (κ2) is 6.21. The van der Waals surface area contributed by atoms with E-state index < -0.39 is 0 Å². The summed E-state index contributed by atoms with van der Waals surface area (Å²) in [6, 6.07) is 0. The van der Waals surface area contributed by atoms with Crippen molar-refractivity contribution in [3.63, 3.8) is 0 Å². The Morgan fingerprint density at radius 1 is 1.31 bits per heavy atom. The fourth-order valence-electron chi connectivity index (χ4n) is 1.83. The lowest BCUT2D eigenvalue weighted by atomic mass is 9.92. The minimum absolute atomic E-state index is 0.0163. The van der Waals surface area contributed by atoms with Gasteiger partial charge in [-0.05, 0) is 31.3 Å². The summed E-state index contributed by atoms with van der Waals surface area (Å²) >= 11 is 0. The van der Waals surface area contributed by atoms with Crippen molar-refractivity contribution >= 4 is 5.91 Å². The van der Waals surface area contributed by atoms with Gasteiger partial charge in [-0.1, -0.05) is 20.8 Å². The van der Waals surface area contributed by atoms with Gasteiger partial charge in [0, 0.05) is 13.0 Å². The normalized spacial score (nSPS) is 17.7. The number of hydrogen-bond acceptors (Lipinski definition) is 3. The van der Waals surface area contributed by atoms with Gasteiger partial charge in [0.1, 0.15) is 0 Å². The van der Waals surface area contributed by atoms with Crippen molar-refractivity contribution in [2.75, 3.05) is 26.2 Å². The van der Waals surface area contributed by atoms with E-state index in [1.165, 1.54) is 25.9 Å². The lowest BCUT2D eigenvalue weighted by molar-refractivity contribution is -0.135. The molecule has 0 atom stereocenters. The zero-order valence-electron chi connectivity index (χ0n) is 10.7. The van der Waals surface area contributed by atoms with Crippen molar-refractivity contribution < 1.29 is 9.63 Å². The predicted octanol–water partition coefficient (Wildman–Crippen LogP) is 1.57. The molecule has 0 spiro atoms. The van der Waals surface area contributed by atoms with Crippen LogP contribution in [0.2, 0.25) is 0 Å². The highest BCUT2D eigenvalue weighted by molar-refractivity contribution is 5.75. The molecule has 0 saturated carbocycles. The Morgan fingerprint density at radius 2 is 1.94 bits per heavy atom. The van der Waals surface area contributed by atoms with Crippen LogP contribution in [-0.4, -0.2) is 37.0 Å². The van der Waals surface area contributed by atoms with Crippen LogP contribution in [0, 0.1) is 5.41 Å². The fraction of sp³-hybridized carbons (Fsp3) is 0.917. The molecule has 1 saturated heterocycles. The zero-order chi connectivity index (χ0) is 12.0. The first-order chi connectivity index (χ1) is 7.47. The summed E-state index contributed by atoms with van der Waals surface area (Å²) in [6.07, 6.45) is 3.07. The SMILES string of the molecule is CC(C)(C)CC(=O)NOCCN1CCCC1. The minimum Gasteiger partial charge on any atom is -0.301 e. The van der Waals surface area contributed by atoms with E-state index in [1.54, 1.807) is 0 Å².